The Balaban J connectivity index is 2.40. The van der Waals surface area contributed by atoms with Crippen molar-refractivity contribution in [3.05, 3.63) is 47.4 Å². The van der Waals surface area contributed by atoms with Crippen LogP contribution in [0.3, 0.4) is 0 Å². The summed E-state index contributed by atoms with van der Waals surface area (Å²) in [4.78, 5) is 4.68. The summed E-state index contributed by atoms with van der Waals surface area (Å²) < 4.78 is 11.5. The highest BCUT2D eigenvalue weighted by Crippen LogP contribution is 2.30. The number of furan rings is 1. The molecule has 4 heteroatoms. The molecule has 0 fully saturated rings. The molecule has 0 saturated heterocycles. The van der Waals surface area contributed by atoms with Crippen molar-refractivity contribution >= 4 is 20.4 Å². The maximum atomic E-state index is 5.98. The first-order valence-corrected chi connectivity index (χ1v) is 9.62. The van der Waals surface area contributed by atoms with E-state index in [9.17, 15) is 0 Å². The van der Waals surface area contributed by atoms with Crippen molar-refractivity contribution in [2.75, 3.05) is 0 Å². The average molecular weight is 287 g/mol. The summed E-state index contributed by atoms with van der Waals surface area (Å²) in [7, 11) is -1.16. The first-order valence-electron chi connectivity index (χ1n) is 6.84. The molecule has 3 nitrogen and oxygen atoms in total. The first kappa shape index (κ1) is 14.6. The quantitative estimate of drug-likeness (QED) is 0.617. The van der Waals surface area contributed by atoms with Crippen molar-refractivity contribution in [2.45, 2.75) is 33.9 Å². The molecule has 0 N–H and O–H groups in total. The van der Waals surface area contributed by atoms with Crippen LogP contribution in [-0.2, 0) is 0 Å². The molecule has 1 aromatic heterocycles. The lowest BCUT2D eigenvalue weighted by Crippen LogP contribution is -2.11. The minimum Gasteiger partial charge on any atom is -0.546 e. The summed E-state index contributed by atoms with van der Waals surface area (Å²) in [6, 6.07) is 8.05. The van der Waals surface area contributed by atoms with E-state index in [0.29, 0.717) is 0 Å². The van der Waals surface area contributed by atoms with Crippen LogP contribution in [-0.4, -0.2) is 14.8 Å². The Kier molecular flexibility index (Phi) is 4.45. The van der Waals surface area contributed by atoms with Crippen LogP contribution in [0.4, 0.5) is 5.69 Å². The van der Waals surface area contributed by atoms with Gasteiger partial charge in [-0.3, -0.25) is 0 Å². The fraction of sp³-hybridized carbons (Fsp3) is 0.312. The molecule has 0 unspecified atom stereocenters. The standard InChI is InChI=1S/C16H21NO2Si/c1-11-6-7-14(15(10-11)19-20(4)5)17-13(3)16-12(2)8-9-18-16/h6-10,20H,1-5H3. The monoisotopic (exact) mass is 287 g/mol. The summed E-state index contributed by atoms with van der Waals surface area (Å²) in [5, 5.41) is 0. The van der Waals surface area contributed by atoms with Gasteiger partial charge in [0, 0.05) is 0 Å². The summed E-state index contributed by atoms with van der Waals surface area (Å²) >= 11 is 0. The number of hydrogen-bond acceptors (Lipinski definition) is 3. The van der Waals surface area contributed by atoms with Crippen molar-refractivity contribution in [2.24, 2.45) is 4.99 Å². The lowest BCUT2D eigenvalue weighted by Gasteiger charge is -2.13. The largest absolute Gasteiger partial charge is 0.546 e. The molecule has 0 aliphatic heterocycles. The van der Waals surface area contributed by atoms with Gasteiger partial charge in [-0.25, -0.2) is 4.99 Å². The highest BCUT2D eigenvalue weighted by molar-refractivity contribution is 6.49. The first-order chi connectivity index (χ1) is 9.47. The molecule has 1 aromatic carbocycles. The van der Waals surface area contributed by atoms with E-state index >= 15 is 0 Å². The lowest BCUT2D eigenvalue weighted by molar-refractivity contribution is 0.555. The number of aryl methyl sites for hydroxylation is 2. The van der Waals surface area contributed by atoms with Gasteiger partial charge in [0.2, 0.25) is 9.04 Å². The van der Waals surface area contributed by atoms with Crippen molar-refractivity contribution in [1.29, 1.82) is 0 Å². The Hall–Kier alpha value is -1.81. The molecule has 0 saturated carbocycles. The van der Waals surface area contributed by atoms with Crippen molar-refractivity contribution in [3.8, 4) is 5.75 Å². The van der Waals surface area contributed by atoms with Gasteiger partial charge < -0.3 is 8.84 Å². The van der Waals surface area contributed by atoms with Crippen molar-refractivity contribution in [1.82, 2.24) is 0 Å². The fourth-order valence-corrected chi connectivity index (χ4v) is 2.73. The van der Waals surface area contributed by atoms with Crippen molar-refractivity contribution < 1.29 is 8.84 Å². The van der Waals surface area contributed by atoms with Gasteiger partial charge >= 0.3 is 0 Å². The molecule has 0 radical (unpaired) electrons. The van der Waals surface area contributed by atoms with E-state index in [1.54, 1.807) is 6.26 Å². The third kappa shape index (κ3) is 3.39. The van der Waals surface area contributed by atoms with Gasteiger partial charge in [0.25, 0.3) is 0 Å². The van der Waals surface area contributed by atoms with Crippen LogP contribution in [0.2, 0.25) is 13.1 Å². The number of nitrogens with zero attached hydrogens (tertiary/aromatic N) is 1. The molecule has 0 spiro atoms. The van der Waals surface area contributed by atoms with Gasteiger partial charge in [-0.05, 0) is 63.2 Å². The maximum Gasteiger partial charge on any atom is 0.229 e. The third-order valence-corrected chi connectivity index (χ3v) is 3.68. The topological polar surface area (TPSA) is 34.7 Å². The van der Waals surface area contributed by atoms with E-state index in [4.69, 9.17) is 8.84 Å². The van der Waals surface area contributed by atoms with Gasteiger partial charge in [0.15, 0.2) is 5.76 Å². The molecule has 0 aliphatic carbocycles. The second-order valence-corrected chi connectivity index (χ2v) is 7.60. The highest BCUT2D eigenvalue weighted by Gasteiger charge is 2.09. The van der Waals surface area contributed by atoms with E-state index in [1.165, 1.54) is 5.56 Å². The lowest BCUT2D eigenvalue weighted by atomic mass is 10.2. The van der Waals surface area contributed by atoms with Crippen LogP contribution in [0, 0.1) is 13.8 Å². The minimum atomic E-state index is -1.16. The normalized spacial score (nSPS) is 12.0. The number of hydrogen-bond donors (Lipinski definition) is 0. The van der Waals surface area contributed by atoms with Crippen LogP contribution in [0.25, 0.3) is 0 Å². The molecule has 0 atom stereocenters. The molecule has 2 rings (SSSR count). The predicted octanol–water partition coefficient (Wildman–Crippen LogP) is 4.40. The van der Waals surface area contributed by atoms with E-state index in [0.717, 1.165) is 28.5 Å². The Bertz CT molecular complexity index is 629. The molecule has 1 heterocycles. The highest BCUT2D eigenvalue weighted by atomic mass is 28.3. The zero-order chi connectivity index (χ0) is 14.7. The van der Waals surface area contributed by atoms with Crippen LogP contribution in [0.1, 0.15) is 23.8 Å². The van der Waals surface area contributed by atoms with E-state index < -0.39 is 9.04 Å². The Morgan fingerprint density at radius 1 is 1.20 bits per heavy atom. The molecule has 20 heavy (non-hydrogen) atoms. The molecule has 2 aromatic rings. The van der Waals surface area contributed by atoms with Gasteiger partial charge in [0.05, 0.1) is 12.0 Å². The molecule has 106 valence electrons. The van der Waals surface area contributed by atoms with Gasteiger partial charge in [-0.2, -0.15) is 0 Å². The third-order valence-electron chi connectivity index (χ3n) is 2.96. The minimum absolute atomic E-state index is 0.832. The van der Waals surface area contributed by atoms with E-state index in [2.05, 4.69) is 31.1 Å². The Morgan fingerprint density at radius 2 is 1.95 bits per heavy atom. The van der Waals surface area contributed by atoms with E-state index in [-0.39, 0.29) is 0 Å². The zero-order valence-electron chi connectivity index (χ0n) is 12.7. The summed E-state index contributed by atoms with van der Waals surface area (Å²) in [5.41, 5.74) is 4.01. The van der Waals surface area contributed by atoms with Crippen LogP contribution < -0.4 is 4.43 Å². The number of aliphatic imine (C=N–C) groups is 1. The van der Waals surface area contributed by atoms with Gasteiger partial charge in [-0.15, -0.1) is 0 Å². The number of rotatable bonds is 4. The summed E-state index contributed by atoms with van der Waals surface area (Å²) in [6.45, 7) is 10.3. The van der Waals surface area contributed by atoms with Crippen LogP contribution in [0.5, 0.6) is 5.75 Å². The fourth-order valence-electron chi connectivity index (χ4n) is 2.04. The number of benzene rings is 1. The van der Waals surface area contributed by atoms with Gasteiger partial charge in [0.1, 0.15) is 11.4 Å². The van der Waals surface area contributed by atoms with E-state index in [1.807, 2.05) is 32.0 Å². The molecule has 0 aliphatic rings. The van der Waals surface area contributed by atoms with Crippen molar-refractivity contribution in [3.63, 3.8) is 0 Å². The predicted molar refractivity (Wildman–Crippen MR) is 86.0 cm³/mol. The average Bonchev–Trinajstić information content (AvgIpc) is 2.78. The summed E-state index contributed by atoms with van der Waals surface area (Å²) in [5.74, 6) is 1.70. The Morgan fingerprint density at radius 3 is 2.55 bits per heavy atom. The second-order valence-electron chi connectivity index (χ2n) is 5.27. The van der Waals surface area contributed by atoms with Crippen LogP contribution in [0.15, 0.2) is 39.9 Å². The van der Waals surface area contributed by atoms with Gasteiger partial charge in [-0.1, -0.05) is 6.07 Å². The van der Waals surface area contributed by atoms with Crippen LogP contribution >= 0.6 is 0 Å². The second kappa shape index (κ2) is 6.09. The Labute approximate surface area is 122 Å². The summed E-state index contributed by atoms with van der Waals surface area (Å²) in [6.07, 6.45) is 1.69. The molecular formula is C16H21NO2Si. The smallest absolute Gasteiger partial charge is 0.229 e. The SMILES string of the molecule is CC(=Nc1ccc(C)cc1O[SiH](C)C)c1occc1C. The zero-order valence-corrected chi connectivity index (χ0v) is 13.9. The molecule has 0 bridgehead atoms. The molecule has 0 amide bonds. The molecular weight excluding hydrogens is 266 g/mol. The maximum absolute atomic E-state index is 5.98.